The number of rotatable bonds is 9. The number of carbonyl (C=O) groups is 2. The quantitative estimate of drug-likeness (QED) is 0.531. The molecule has 31 heavy (non-hydrogen) atoms. The lowest BCUT2D eigenvalue weighted by atomic mass is 10.1. The van der Waals surface area contributed by atoms with Crippen molar-refractivity contribution >= 4 is 23.6 Å². The van der Waals surface area contributed by atoms with Crippen LogP contribution in [0.25, 0.3) is 0 Å². The van der Waals surface area contributed by atoms with Gasteiger partial charge in [0.2, 0.25) is 11.8 Å². The number of halogens is 1. The van der Waals surface area contributed by atoms with Crippen molar-refractivity contribution in [3.63, 3.8) is 0 Å². The number of carbonyl (C=O) groups excluding carboxylic acids is 2. The minimum atomic E-state index is -0.582. The molecule has 2 aromatic rings. The third-order valence-corrected chi connectivity index (χ3v) is 5.77. The Balaban J connectivity index is 2.14. The van der Waals surface area contributed by atoms with Crippen molar-refractivity contribution in [1.82, 2.24) is 10.2 Å². The number of thioether (sulfide) groups is 1. The minimum absolute atomic E-state index is 0.0835. The smallest absolute Gasteiger partial charge is 0.243 e. The van der Waals surface area contributed by atoms with Crippen LogP contribution in [0.3, 0.4) is 0 Å². The second-order valence-corrected chi connectivity index (χ2v) is 9.89. The molecule has 2 amide bonds. The van der Waals surface area contributed by atoms with E-state index in [9.17, 15) is 14.0 Å². The fraction of sp³-hybridized carbons (Fsp3) is 0.440. The Kier molecular flexibility index (Phi) is 9.11. The van der Waals surface area contributed by atoms with Crippen molar-refractivity contribution in [2.45, 2.75) is 70.5 Å². The summed E-state index contributed by atoms with van der Waals surface area (Å²) < 4.78 is 13.3. The molecule has 0 aliphatic carbocycles. The van der Waals surface area contributed by atoms with E-state index in [2.05, 4.69) is 17.4 Å². The summed E-state index contributed by atoms with van der Waals surface area (Å²) >= 11 is 1.62. The summed E-state index contributed by atoms with van der Waals surface area (Å²) in [6, 6.07) is 13.7. The first kappa shape index (κ1) is 24.9. The van der Waals surface area contributed by atoms with Gasteiger partial charge in [0.25, 0.3) is 0 Å². The molecule has 2 aromatic carbocycles. The lowest BCUT2D eigenvalue weighted by molar-refractivity contribution is -0.141. The van der Waals surface area contributed by atoms with Gasteiger partial charge in [-0.3, -0.25) is 9.59 Å². The van der Waals surface area contributed by atoms with Crippen LogP contribution in [0.2, 0.25) is 0 Å². The maximum absolute atomic E-state index is 13.3. The molecule has 0 heterocycles. The average Bonchev–Trinajstić information content (AvgIpc) is 2.69. The maximum Gasteiger partial charge on any atom is 0.243 e. The number of aryl methyl sites for hydroxylation is 1. The lowest BCUT2D eigenvalue weighted by Gasteiger charge is -2.33. The van der Waals surface area contributed by atoms with E-state index >= 15 is 0 Å². The Bertz CT molecular complexity index is 861. The highest BCUT2D eigenvalue weighted by atomic mass is 32.2. The van der Waals surface area contributed by atoms with E-state index in [0.717, 1.165) is 10.5 Å². The van der Waals surface area contributed by atoms with Crippen LogP contribution in [-0.4, -0.2) is 34.0 Å². The first-order valence-electron chi connectivity index (χ1n) is 10.6. The van der Waals surface area contributed by atoms with Crippen LogP contribution in [0.1, 0.15) is 51.7 Å². The summed E-state index contributed by atoms with van der Waals surface area (Å²) in [5.74, 6) is 0.0456. The van der Waals surface area contributed by atoms with Crippen molar-refractivity contribution in [1.29, 1.82) is 0 Å². The molecule has 6 heteroatoms. The topological polar surface area (TPSA) is 49.4 Å². The molecule has 0 aliphatic rings. The van der Waals surface area contributed by atoms with Gasteiger partial charge in [-0.15, -0.1) is 11.8 Å². The fourth-order valence-corrected chi connectivity index (χ4v) is 4.03. The van der Waals surface area contributed by atoms with Crippen LogP contribution in [0, 0.1) is 12.7 Å². The van der Waals surface area contributed by atoms with Gasteiger partial charge < -0.3 is 10.2 Å². The standard InChI is InChI=1S/C25H33FN2O2S/c1-6-22(24(30)27-25(3,4)5)28(17-19-9-11-20(26)12-10-19)23(29)15-16-31-21-13-7-18(2)8-14-21/h7-14,22H,6,15-17H2,1-5H3,(H,27,30). The normalized spacial score (nSPS) is 12.3. The molecule has 1 atom stereocenters. The van der Waals surface area contributed by atoms with Crippen LogP contribution in [-0.2, 0) is 16.1 Å². The van der Waals surface area contributed by atoms with Crippen LogP contribution in [0.4, 0.5) is 4.39 Å². The SMILES string of the molecule is CCC(C(=O)NC(C)(C)C)N(Cc1ccc(F)cc1)C(=O)CCSc1ccc(C)cc1. The highest BCUT2D eigenvalue weighted by molar-refractivity contribution is 7.99. The second kappa shape index (κ2) is 11.3. The number of benzene rings is 2. The van der Waals surface area contributed by atoms with Gasteiger partial charge in [-0.25, -0.2) is 4.39 Å². The third kappa shape index (κ3) is 8.37. The molecule has 0 spiro atoms. The van der Waals surface area contributed by atoms with Gasteiger partial charge in [-0.1, -0.05) is 36.8 Å². The molecule has 4 nitrogen and oxygen atoms in total. The first-order valence-corrected chi connectivity index (χ1v) is 11.6. The predicted molar refractivity (Wildman–Crippen MR) is 125 cm³/mol. The van der Waals surface area contributed by atoms with E-state index in [0.29, 0.717) is 18.6 Å². The molecule has 2 rings (SSSR count). The zero-order valence-electron chi connectivity index (χ0n) is 19.1. The Hall–Kier alpha value is -2.34. The van der Waals surface area contributed by atoms with Gasteiger partial charge in [0, 0.05) is 29.2 Å². The van der Waals surface area contributed by atoms with Gasteiger partial charge in [-0.05, 0) is 63.9 Å². The molecule has 0 saturated heterocycles. The van der Waals surface area contributed by atoms with Gasteiger partial charge in [0.1, 0.15) is 11.9 Å². The molecule has 1 N–H and O–H groups in total. The van der Waals surface area contributed by atoms with Gasteiger partial charge in [0.15, 0.2) is 0 Å². The molecular weight excluding hydrogens is 411 g/mol. The largest absolute Gasteiger partial charge is 0.350 e. The van der Waals surface area contributed by atoms with Crippen molar-refractivity contribution < 1.29 is 14.0 Å². The summed E-state index contributed by atoms with van der Waals surface area (Å²) in [5, 5.41) is 2.99. The molecular formula is C25H33FN2O2S. The predicted octanol–water partition coefficient (Wildman–Crippen LogP) is 5.34. The molecule has 1 unspecified atom stereocenters. The first-order chi connectivity index (χ1) is 14.6. The van der Waals surface area contributed by atoms with Crippen molar-refractivity contribution in [2.75, 3.05) is 5.75 Å². The highest BCUT2D eigenvalue weighted by Crippen LogP contribution is 2.21. The van der Waals surface area contributed by atoms with Crippen LogP contribution >= 0.6 is 11.8 Å². The summed E-state index contributed by atoms with van der Waals surface area (Å²) in [4.78, 5) is 28.9. The van der Waals surface area contributed by atoms with E-state index in [1.165, 1.54) is 17.7 Å². The molecule has 168 valence electrons. The van der Waals surface area contributed by atoms with Gasteiger partial charge >= 0.3 is 0 Å². The van der Waals surface area contributed by atoms with E-state index in [1.807, 2.05) is 46.8 Å². The van der Waals surface area contributed by atoms with E-state index in [1.54, 1.807) is 28.8 Å². The molecule has 0 aliphatic heterocycles. The van der Waals surface area contributed by atoms with Gasteiger partial charge in [-0.2, -0.15) is 0 Å². The number of hydrogen-bond donors (Lipinski definition) is 1. The maximum atomic E-state index is 13.3. The Morgan fingerprint density at radius 1 is 1.06 bits per heavy atom. The van der Waals surface area contributed by atoms with Crippen LogP contribution < -0.4 is 5.32 Å². The van der Waals surface area contributed by atoms with Crippen molar-refractivity contribution in [3.8, 4) is 0 Å². The average molecular weight is 445 g/mol. The van der Waals surface area contributed by atoms with E-state index in [4.69, 9.17) is 0 Å². The number of nitrogens with zero attached hydrogens (tertiary/aromatic N) is 1. The summed E-state index contributed by atoms with van der Waals surface area (Å²) in [5.41, 5.74) is 1.60. The molecule has 0 radical (unpaired) electrons. The van der Waals surface area contributed by atoms with E-state index in [-0.39, 0.29) is 24.2 Å². The monoisotopic (exact) mass is 444 g/mol. The third-order valence-electron chi connectivity index (χ3n) is 4.76. The number of amides is 2. The van der Waals surface area contributed by atoms with Crippen LogP contribution in [0.5, 0.6) is 0 Å². The Labute approximate surface area is 189 Å². The van der Waals surface area contributed by atoms with Crippen molar-refractivity contribution in [3.05, 3.63) is 65.5 Å². The number of hydrogen-bond acceptors (Lipinski definition) is 3. The highest BCUT2D eigenvalue weighted by Gasteiger charge is 2.30. The summed E-state index contributed by atoms with van der Waals surface area (Å²) in [6.07, 6.45) is 0.818. The molecule has 0 fully saturated rings. The zero-order chi connectivity index (χ0) is 23.0. The fourth-order valence-electron chi connectivity index (χ4n) is 3.19. The van der Waals surface area contributed by atoms with E-state index < -0.39 is 11.6 Å². The Morgan fingerprint density at radius 2 is 1.68 bits per heavy atom. The second-order valence-electron chi connectivity index (χ2n) is 8.72. The zero-order valence-corrected chi connectivity index (χ0v) is 19.9. The molecule has 0 saturated carbocycles. The molecule has 0 bridgehead atoms. The van der Waals surface area contributed by atoms with Crippen molar-refractivity contribution in [2.24, 2.45) is 0 Å². The summed E-state index contributed by atoms with van der Waals surface area (Å²) in [7, 11) is 0. The molecule has 0 aromatic heterocycles. The summed E-state index contributed by atoms with van der Waals surface area (Å²) in [6.45, 7) is 9.97. The minimum Gasteiger partial charge on any atom is -0.350 e. The number of nitrogens with one attached hydrogen (secondary N) is 1. The lowest BCUT2D eigenvalue weighted by Crippen LogP contribution is -2.53. The Morgan fingerprint density at radius 3 is 2.23 bits per heavy atom. The van der Waals surface area contributed by atoms with Gasteiger partial charge in [0.05, 0.1) is 0 Å². The van der Waals surface area contributed by atoms with Crippen LogP contribution in [0.15, 0.2) is 53.4 Å².